The summed E-state index contributed by atoms with van der Waals surface area (Å²) < 4.78 is 24.8. The van der Waals surface area contributed by atoms with E-state index < -0.39 is 14.9 Å². The number of halogens is 1. The molecular weight excluding hydrogens is 288 g/mol. The lowest BCUT2D eigenvalue weighted by Gasteiger charge is -2.13. The summed E-state index contributed by atoms with van der Waals surface area (Å²) in [5, 5.41) is 10.6. The van der Waals surface area contributed by atoms with Gasteiger partial charge in [-0.1, -0.05) is 18.5 Å². The largest absolute Gasteiger partial charge is 0.300 e. The number of sulfonamides is 1. The molecule has 0 aliphatic carbocycles. The van der Waals surface area contributed by atoms with E-state index in [4.69, 9.17) is 11.6 Å². The Hall–Kier alpha value is -0.700. The van der Waals surface area contributed by atoms with Gasteiger partial charge in [-0.2, -0.15) is 0 Å². The predicted molar refractivity (Wildman–Crippen MR) is 66.1 cm³/mol. The van der Waals surface area contributed by atoms with Crippen LogP contribution in [0, 0.1) is 10.1 Å². The Morgan fingerprint density at radius 3 is 2.59 bits per heavy atom. The van der Waals surface area contributed by atoms with Gasteiger partial charge >= 0.3 is 0 Å². The minimum atomic E-state index is -3.67. The van der Waals surface area contributed by atoms with Gasteiger partial charge in [0.05, 0.1) is 4.92 Å². The van der Waals surface area contributed by atoms with Crippen molar-refractivity contribution < 1.29 is 13.3 Å². The molecule has 0 aliphatic heterocycles. The van der Waals surface area contributed by atoms with E-state index in [2.05, 4.69) is 0 Å². The summed E-state index contributed by atoms with van der Waals surface area (Å²) in [5.74, 6) is 0. The van der Waals surface area contributed by atoms with Crippen LogP contribution in [0.2, 0.25) is 4.34 Å². The zero-order valence-corrected chi connectivity index (χ0v) is 11.6. The van der Waals surface area contributed by atoms with Crippen molar-refractivity contribution in [3.63, 3.8) is 0 Å². The van der Waals surface area contributed by atoms with Crippen LogP contribution < -0.4 is 0 Å². The van der Waals surface area contributed by atoms with Gasteiger partial charge in [0.2, 0.25) is 0 Å². The average Bonchev–Trinajstić information content (AvgIpc) is 2.61. The van der Waals surface area contributed by atoms with Gasteiger partial charge in [0.1, 0.15) is 4.21 Å². The SMILES string of the molecule is CCCN(C)S(=O)(=O)c1cc([N+](=O)[O-])c(Cl)s1. The first kappa shape index (κ1) is 14.4. The van der Waals surface area contributed by atoms with Gasteiger partial charge in [-0.25, -0.2) is 12.7 Å². The number of nitrogens with zero attached hydrogens (tertiary/aromatic N) is 2. The molecule has 0 spiro atoms. The second kappa shape index (κ2) is 5.30. The summed E-state index contributed by atoms with van der Waals surface area (Å²) in [7, 11) is -2.24. The van der Waals surface area contributed by atoms with Crippen LogP contribution in [0.25, 0.3) is 0 Å². The van der Waals surface area contributed by atoms with E-state index in [9.17, 15) is 18.5 Å². The fraction of sp³-hybridized carbons (Fsp3) is 0.500. The second-order valence-corrected chi connectivity index (χ2v) is 7.23. The molecule has 1 rings (SSSR count). The Morgan fingerprint density at radius 2 is 2.18 bits per heavy atom. The Morgan fingerprint density at radius 1 is 1.59 bits per heavy atom. The topological polar surface area (TPSA) is 80.5 Å². The van der Waals surface area contributed by atoms with E-state index in [-0.39, 0.29) is 14.2 Å². The van der Waals surface area contributed by atoms with Crippen LogP contribution in [0.4, 0.5) is 5.69 Å². The lowest BCUT2D eigenvalue weighted by molar-refractivity contribution is -0.384. The van der Waals surface area contributed by atoms with Gasteiger partial charge in [0, 0.05) is 19.7 Å². The fourth-order valence-corrected chi connectivity index (χ4v) is 4.32. The average molecular weight is 299 g/mol. The zero-order valence-electron chi connectivity index (χ0n) is 9.21. The Bertz CT molecular complexity index is 526. The van der Waals surface area contributed by atoms with Crippen LogP contribution >= 0.6 is 22.9 Å². The maximum atomic E-state index is 12.0. The molecule has 0 unspecified atom stereocenters. The zero-order chi connectivity index (χ0) is 13.2. The van der Waals surface area contributed by atoms with Crippen LogP contribution in [0.5, 0.6) is 0 Å². The maximum absolute atomic E-state index is 12.0. The quantitative estimate of drug-likeness (QED) is 0.617. The van der Waals surface area contributed by atoms with Crippen LogP contribution in [0.15, 0.2) is 10.3 Å². The Labute approximate surface area is 108 Å². The summed E-state index contributed by atoms with van der Waals surface area (Å²) in [4.78, 5) is 9.88. The third kappa shape index (κ3) is 2.95. The van der Waals surface area contributed by atoms with Gasteiger partial charge in [-0.15, -0.1) is 11.3 Å². The van der Waals surface area contributed by atoms with Crippen molar-refractivity contribution in [2.45, 2.75) is 17.6 Å². The van der Waals surface area contributed by atoms with Crippen molar-refractivity contribution in [3.05, 3.63) is 20.5 Å². The molecule has 0 amide bonds. The molecule has 1 aromatic rings. The highest BCUT2D eigenvalue weighted by molar-refractivity contribution is 7.91. The summed E-state index contributed by atoms with van der Waals surface area (Å²) in [6, 6.07) is 0.995. The van der Waals surface area contributed by atoms with E-state index in [1.807, 2.05) is 6.92 Å². The molecule has 0 radical (unpaired) electrons. The summed E-state index contributed by atoms with van der Waals surface area (Å²) in [6.45, 7) is 2.20. The molecule has 9 heteroatoms. The lowest BCUT2D eigenvalue weighted by atomic mass is 10.5. The monoisotopic (exact) mass is 298 g/mol. The van der Waals surface area contributed by atoms with Crippen molar-refractivity contribution in [2.24, 2.45) is 0 Å². The smallest absolute Gasteiger partial charge is 0.258 e. The Balaban J connectivity index is 3.17. The predicted octanol–water partition coefficient (Wildman–Crippen LogP) is 2.34. The van der Waals surface area contributed by atoms with Crippen molar-refractivity contribution in [1.29, 1.82) is 0 Å². The molecular formula is C8H11ClN2O4S2. The minimum Gasteiger partial charge on any atom is -0.258 e. The molecule has 0 saturated heterocycles. The molecule has 17 heavy (non-hydrogen) atoms. The van der Waals surface area contributed by atoms with Gasteiger partial charge in [-0.3, -0.25) is 10.1 Å². The van der Waals surface area contributed by atoms with Crippen LogP contribution in [-0.2, 0) is 10.0 Å². The lowest BCUT2D eigenvalue weighted by Crippen LogP contribution is -2.26. The number of rotatable bonds is 5. The molecule has 0 N–H and O–H groups in total. The molecule has 0 atom stereocenters. The van der Waals surface area contributed by atoms with Crippen molar-refractivity contribution in [2.75, 3.05) is 13.6 Å². The van der Waals surface area contributed by atoms with Crippen LogP contribution in [-0.4, -0.2) is 31.2 Å². The molecule has 0 fully saturated rings. The molecule has 0 bridgehead atoms. The van der Waals surface area contributed by atoms with E-state index in [0.29, 0.717) is 24.3 Å². The van der Waals surface area contributed by atoms with Crippen molar-refractivity contribution in [1.82, 2.24) is 4.31 Å². The van der Waals surface area contributed by atoms with Crippen molar-refractivity contribution in [3.8, 4) is 0 Å². The first-order chi connectivity index (χ1) is 7.80. The number of hydrogen-bond donors (Lipinski definition) is 0. The highest BCUT2D eigenvalue weighted by Crippen LogP contribution is 2.37. The summed E-state index contributed by atoms with van der Waals surface area (Å²) in [5.41, 5.74) is -0.375. The highest BCUT2D eigenvalue weighted by atomic mass is 35.5. The minimum absolute atomic E-state index is 0.106. The molecule has 0 aliphatic rings. The van der Waals surface area contributed by atoms with Crippen LogP contribution in [0.1, 0.15) is 13.3 Å². The molecule has 0 aromatic carbocycles. The van der Waals surface area contributed by atoms with E-state index in [1.54, 1.807) is 0 Å². The van der Waals surface area contributed by atoms with E-state index in [0.717, 1.165) is 10.4 Å². The van der Waals surface area contributed by atoms with Gasteiger partial charge < -0.3 is 0 Å². The first-order valence-corrected chi connectivity index (χ1v) is 7.34. The summed E-state index contributed by atoms with van der Waals surface area (Å²) >= 11 is 6.32. The molecule has 1 aromatic heterocycles. The normalized spacial score (nSPS) is 12.0. The van der Waals surface area contributed by atoms with Crippen LogP contribution in [0.3, 0.4) is 0 Å². The third-order valence-corrected chi connectivity index (χ3v) is 5.69. The summed E-state index contributed by atoms with van der Waals surface area (Å²) in [6.07, 6.45) is 0.664. The molecule has 6 nitrogen and oxygen atoms in total. The van der Waals surface area contributed by atoms with Gasteiger partial charge in [0.15, 0.2) is 4.34 Å². The first-order valence-electron chi connectivity index (χ1n) is 4.70. The Kier molecular flexibility index (Phi) is 4.48. The molecule has 96 valence electrons. The van der Waals surface area contributed by atoms with E-state index in [1.165, 1.54) is 7.05 Å². The molecule has 0 saturated carbocycles. The number of hydrogen-bond acceptors (Lipinski definition) is 5. The van der Waals surface area contributed by atoms with Crippen molar-refractivity contribution >= 4 is 38.6 Å². The van der Waals surface area contributed by atoms with Gasteiger partial charge in [-0.05, 0) is 6.42 Å². The second-order valence-electron chi connectivity index (χ2n) is 3.31. The number of nitro groups is 1. The van der Waals surface area contributed by atoms with Gasteiger partial charge in [0.25, 0.3) is 15.7 Å². The molecule has 1 heterocycles. The maximum Gasteiger partial charge on any atom is 0.300 e. The highest BCUT2D eigenvalue weighted by Gasteiger charge is 2.27. The standard InChI is InChI=1S/C8H11ClN2O4S2/c1-3-4-10(2)17(14,15)7-5-6(11(12)13)8(9)16-7/h5H,3-4H2,1-2H3. The van der Waals surface area contributed by atoms with E-state index >= 15 is 0 Å². The number of thiophene rings is 1. The fourth-order valence-electron chi connectivity index (χ4n) is 1.18. The third-order valence-electron chi connectivity index (χ3n) is 2.05.